The molecule has 0 radical (unpaired) electrons. The molecule has 0 aliphatic rings. The largest absolute Gasteiger partial charge is 1.00 e. The maximum Gasteiger partial charge on any atom is 1.00 e. The molecule has 0 aliphatic carbocycles. The van der Waals surface area contributed by atoms with Crippen molar-refractivity contribution in [1.29, 1.82) is 0 Å². The van der Waals surface area contributed by atoms with Gasteiger partial charge in [-0.3, -0.25) is 0 Å². The second-order valence-electron chi connectivity index (χ2n) is 4.61. The van der Waals surface area contributed by atoms with Crippen molar-refractivity contribution in [1.82, 2.24) is 0 Å². The molecular formula is C18H12LiO2P. The molecule has 0 N–H and O–H groups in total. The van der Waals surface area contributed by atoms with E-state index < -0.39 is 7.14 Å². The number of rotatable bonds is 3. The van der Waals surface area contributed by atoms with E-state index in [0.717, 1.165) is 0 Å². The van der Waals surface area contributed by atoms with E-state index in [-0.39, 0.29) is 29.9 Å². The average molecular weight is 298 g/mol. The van der Waals surface area contributed by atoms with Crippen molar-refractivity contribution in [2.24, 2.45) is 0 Å². The number of benzene rings is 2. The van der Waals surface area contributed by atoms with Crippen LogP contribution in [-0.4, -0.2) is 0 Å². The van der Waals surface area contributed by atoms with Gasteiger partial charge in [0.05, 0.1) is 0 Å². The maximum absolute atomic E-state index is 13.8. The summed E-state index contributed by atoms with van der Waals surface area (Å²) in [5.74, 6) is -0.273. The minimum Gasteiger partial charge on any atom is -0.871 e. The van der Waals surface area contributed by atoms with Crippen LogP contribution in [0.25, 0.3) is 0 Å². The molecule has 0 aliphatic heterocycles. The third-order valence-electron chi connectivity index (χ3n) is 3.33. The first-order valence-electron chi connectivity index (χ1n) is 6.53. The van der Waals surface area contributed by atoms with Crippen molar-refractivity contribution in [2.45, 2.75) is 0 Å². The summed E-state index contributed by atoms with van der Waals surface area (Å²) < 4.78 is 13.8. The Kier molecular flexibility index (Phi) is 5.18. The standard InChI is InChI=1S/C18H13O2P.Li/c19-17-13-7-8-14-18(17)21(20,15-9-3-1-4-10-15)16-11-5-2-6-12-16;/h1-6,9-14,19H;/q;+1/p-1. The van der Waals surface area contributed by atoms with Crippen LogP contribution in [0.4, 0.5) is 0 Å². The molecule has 3 rings (SSSR count). The van der Waals surface area contributed by atoms with Crippen LogP contribution in [0.3, 0.4) is 0 Å². The van der Waals surface area contributed by atoms with Crippen LogP contribution in [0, 0.1) is 12.1 Å². The van der Waals surface area contributed by atoms with E-state index in [2.05, 4.69) is 12.1 Å². The molecule has 0 amide bonds. The van der Waals surface area contributed by atoms with Gasteiger partial charge in [0.15, 0.2) is 7.14 Å². The third-order valence-corrected chi connectivity index (χ3v) is 6.41. The summed E-state index contributed by atoms with van der Waals surface area (Å²) in [5.41, 5.74) is 0. The van der Waals surface area contributed by atoms with Crippen molar-refractivity contribution in [3.8, 4) is 5.75 Å². The van der Waals surface area contributed by atoms with E-state index in [9.17, 15) is 9.67 Å². The van der Waals surface area contributed by atoms with Gasteiger partial charge in [0, 0.05) is 15.9 Å². The Bertz CT molecular complexity index is 745. The predicted octanol–water partition coefficient (Wildman–Crippen LogP) is -0.996. The minimum atomic E-state index is -3.18. The van der Waals surface area contributed by atoms with Gasteiger partial charge in [-0.05, 0) is 12.1 Å². The fourth-order valence-corrected chi connectivity index (χ4v) is 4.97. The molecule has 0 spiro atoms. The summed E-state index contributed by atoms with van der Waals surface area (Å²) in [7, 11) is -3.18. The Balaban J connectivity index is 0.00000176. The van der Waals surface area contributed by atoms with E-state index in [1.54, 1.807) is 24.3 Å². The van der Waals surface area contributed by atoms with Gasteiger partial charge in [0.1, 0.15) is 0 Å². The van der Waals surface area contributed by atoms with E-state index in [4.69, 9.17) is 0 Å². The molecule has 0 atom stereocenters. The predicted molar refractivity (Wildman–Crippen MR) is 83.0 cm³/mol. The molecule has 0 unspecified atom stereocenters. The van der Waals surface area contributed by atoms with Gasteiger partial charge in [-0.15, -0.1) is 0 Å². The first-order chi connectivity index (χ1) is 10.2. The van der Waals surface area contributed by atoms with E-state index in [0.29, 0.717) is 10.6 Å². The maximum atomic E-state index is 13.8. The Morgan fingerprint density at radius 3 is 1.68 bits per heavy atom. The SMILES string of the molecule is O=P(c1ccccc1)(c1ccccc1)c1cc#ccc1[O-].[Li+]. The van der Waals surface area contributed by atoms with Crippen molar-refractivity contribution in [3.63, 3.8) is 0 Å². The van der Waals surface area contributed by atoms with E-state index >= 15 is 0 Å². The Morgan fingerprint density at radius 1 is 0.773 bits per heavy atom. The molecule has 2 nitrogen and oxygen atoms in total. The third kappa shape index (κ3) is 2.85. The molecule has 0 fully saturated rings. The monoisotopic (exact) mass is 298 g/mol. The molecule has 0 saturated heterocycles. The van der Waals surface area contributed by atoms with Crippen molar-refractivity contribution in [2.75, 3.05) is 0 Å². The quantitative estimate of drug-likeness (QED) is 0.460. The van der Waals surface area contributed by atoms with Crippen LogP contribution in [0.5, 0.6) is 5.75 Å². The Labute approximate surface area is 142 Å². The summed E-state index contributed by atoms with van der Waals surface area (Å²) in [4.78, 5) is 0. The van der Waals surface area contributed by atoms with Crippen molar-refractivity contribution < 1.29 is 28.5 Å². The molecule has 0 saturated carbocycles. The van der Waals surface area contributed by atoms with Gasteiger partial charge < -0.3 is 9.67 Å². The zero-order valence-corrected chi connectivity index (χ0v) is 13.1. The molecule has 4 heteroatoms. The molecule has 0 aromatic heterocycles. The Hall–Kier alpha value is -1.89. The summed E-state index contributed by atoms with van der Waals surface area (Å²) in [6.45, 7) is 0. The summed E-state index contributed by atoms with van der Waals surface area (Å²) in [6.07, 6.45) is 0. The smallest absolute Gasteiger partial charge is 0.871 e. The normalized spacial score (nSPS) is 10.4. The van der Waals surface area contributed by atoms with Crippen LogP contribution < -0.4 is 39.9 Å². The fraction of sp³-hybridized carbons (Fsp3) is 0. The van der Waals surface area contributed by atoms with E-state index in [1.807, 2.05) is 36.4 Å². The van der Waals surface area contributed by atoms with Crippen LogP contribution in [0.2, 0.25) is 0 Å². The molecule has 3 aromatic rings. The summed E-state index contributed by atoms with van der Waals surface area (Å²) in [6, 6.07) is 26.4. The van der Waals surface area contributed by atoms with E-state index in [1.165, 1.54) is 12.1 Å². The van der Waals surface area contributed by atoms with Gasteiger partial charge in [-0.2, -0.15) is 0 Å². The summed E-state index contributed by atoms with van der Waals surface area (Å²) >= 11 is 0. The van der Waals surface area contributed by atoms with Gasteiger partial charge in [0.2, 0.25) is 0 Å². The molecule has 0 heterocycles. The molecule has 0 bridgehead atoms. The van der Waals surface area contributed by atoms with Gasteiger partial charge in [-0.25, -0.2) is 0 Å². The van der Waals surface area contributed by atoms with Crippen LogP contribution in [0.1, 0.15) is 0 Å². The first kappa shape index (κ1) is 16.5. The van der Waals surface area contributed by atoms with Gasteiger partial charge in [-0.1, -0.05) is 78.5 Å². The zero-order chi connectivity index (χ0) is 14.7. The van der Waals surface area contributed by atoms with Crippen LogP contribution >= 0.6 is 7.14 Å². The molecule has 102 valence electrons. The van der Waals surface area contributed by atoms with Gasteiger partial charge in [0.25, 0.3) is 0 Å². The second kappa shape index (κ2) is 6.91. The second-order valence-corrected chi connectivity index (χ2v) is 7.34. The average Bonchev–Trinajstić information content (AvgIpc) is 2.56. The zero-order valence-electron chi connectivity index (χ0n) is 12.2. The first-order valence-corrected chi connectivity index (χ1v) is 8.24. The summed E-state index contributed by atoms with van der Waals surface area (Å²) in [5, 5.41) is 13.8. The fourth-order valence-electron chi connectivity index (χ4n) is 2.31. The van der Waals surface area contributed by atoms with Crippen molar-refractivity contribution >= 4 is 23.1 Å². The Morgan fingerprint density at radius 2 is 1.23 bits per heavy atom. The molecular weight excluding hydrogens is 286 g/mol. The van der Waals surface area contributed by atoms with Crippen LogP contribution in [-0.2, 0) is 4.57 Å². The topological polar surface area (TPSA) is 40.1 Å². The van der Waals surface area contributed by atoms with Gasteiger partial charge >= 0.3 is 18.9 Å². The van der Waals surface area contributed by atoms with Crippen molar-refractivity contribution in [3.05, 3.63) is 84.9 Å². The van der Waals surface area contributed by atoms with Crippen LogP contribution in [0.15, 0.2) is 72.8 Å². The number of hydrogen-bond acceptors (Lipinski definition) is 2. The number of hydrogen-bond donors (Lipinski definition) is 0. The molecule has 3 aromatic carbocycles. The minimum absolute atomic E-state index is 0. The molecule has 22 heavy (non-hydrogen) atoms.